The third-order valence-corrected chi connectivity index (χ3v) is 4.23. The molecule has 0 aromatic heterocycles. The van der Waals surface area contributed by atoms with Crippen molar-refractivity contribution in [3.05, 3.63) is 47.0 Å². The molecule has 0 fully saturated rings. The lowest BCUT2D eigenvalue weighted by atomic mass is 9.82. The first-order valence-corrected chi connectivity index (χ1v) is 7.68. The molecule has 0 radical (unpaired) electrons. The molecule has 1 atom stereocenters. The van der Waals surface area contributed by atoms with Gasteiger partial charge in [0.2, 0.25) is 5.75 Å². The Morgan fingerprint density at radius 3 is 2.95 bits per heavy atom. The van der Waals surface area contributed by atoms with E-state index < -0.39 is 0 Å². The van der Waals surface area contributed by atoms with Crippen molar-refractivity contribution in [3.63, 3.8) is 0 Å². The molecular weight excluding hydrogens is 278 g/mol. The zero-order valence-corrected chi connectivity index (χ0v) is 12.7. The molecule has 4 heteroatoms. The van der Waals surface area contributed by atoms with E-state index >= 15 is 0 Å². The van der Waals surface area contributed by atoms with Gasteiger partial charge in [-0.05, 0) is 31.5 Å². The molecule has 2 aromatic rings. The van der Waals surface area contributed by atoms with Crippen LogP contribution in [0.4, 0.5) is 0 Å². The number of rotatable bonds is 2. The van der Waals surface area contributed by atoms with E-state index in [-0.39, 0.29) is 17.8 Å². The van der Waals surface area contributed by atoms with Crippen molar-refractivity contribution in [2.45, 2.75) is 32.4 Å². The van der Waals surface area contributed by atoms with Crippen LogP contribution in [0.2, 0.25) is 0 Å². The van der Waals surface area contributed by atoms with Gasteiger partial charge >= 0.3 is 0 Å². The number of phenolic OH excluding ortho intramolecular Hbond substituents is 1. The van der Waals surface area contributed by atoms with Gasteiger partial charge in [-0.1, -0.05) is 18.2 Å². The molecule has 2 aliphatic rings. The topological polar surface area (TPSA) is 50.7 Å². The van der Waals surface area contributed by atoms with Crippen LogP contribution in [0.1, 0.15) is 36.5 Å². The molecule has 0 spiro atoms. The Balaban J connectivity index is 1.90. The molecule has 0 saturated carbocycles. The van der Waals surface area contributed by atoms with E-state index in [0.717, 1.165) is 24.4 Å². The first kappa shape index (κ1) is 13.5. The van der Waals surface area contributed by atoms with Crippen LogP contribution >= 0.6 is 0 Å². The van der Waals surface area contributed by atoms with Gasteiger partial charge in [-0.2, -0.15) is 0 Å². The number of aromatic hydroxyl groups is 1. The second-order valence-corrected chi connectivity index (χ2v) is 6.11. The van der Waals surface area contributed by atoms with E-state index in [2.05, 4.69) is 11.4 Å². The van der Waals surface area contributed by atoms with Gasteiger partial charge in [-0.3, -0.25) is 0 Å². The standard InChI is InChI=1S/C18H19NO3/c1-10(2)21-18-14(20)7-6-12-13-9-19-8-11-4-3-5-15(16(11)13)22-17(12)18/h3-7,10,13,19-20H,8-9H2,1-2H3. The molecule has 0 bridgehead atoms. The molecule has 0 saturated heterocycles. The average Bonchev–Trinajstić information content (AvgIpc) is 2.51. The molecule has 2 N–H and O–H groups in total. The lowest BCUT2D eigenvalue weighted by Crippen LogP contribution is -2.31. The van der Waals surface area contributed by atoms with Crippen molar-refractivity contribution in [1.82, 2.24) is 5.32 Å². The van der Waals surface area contributed by atoms with Crippen LogP contribution in [0, 0.1) is 0 Å². The maximum absolute atomic E-state index is 10.2. The summed E-state index contributed by atoms with van der Waals surface area (Å²) in [6.45, 7) is 5.61. The van der Waals surface area contributed by atoms with Crippen molar-refractivity contribution in [3.8, 4) is 23.0 Å². The van der Waals surface area contributed by atoms with Gasteiger partial charge in [0.25, 0.3) is 0 Å². The Labute approximate surface area is 129 Å². The summed E-state index contributed by atoms with van der Waals surface area (Å²) in [4.78, 5) is 0. The van der Waals surface area contributed by atoms with Crippen LogP contribution in [0.5, 0.6) is 23.0 Å². The highest BCUT2D eigenvalue weighted by molar-refractivity contribution is 5.64. The highest BCUT2D eigenvalue weighted by atomic mass is 16.5. The average molecular weight is 297 g/mol. The molecule has 114 valence electrons. The highest BCUT2D eigenvalue weighted by Gasteiger charge is 2.34. The second-order valence-electron chi connectivity index (χ2n) is 6.11. The second kappa shape index (κ2) is 4.92. The van der Waals surface area contributed by atoms with E-state index in [1.165, 1.54) is 11.1 Å². The van der Waals surface area contributed by atoms with Crippen molar-refractivity contribution >= 4 is 0 Å². The van der Waals surface area contributed by atoms with Gasteiger partial charge in [-0.15, -0.1) is 0 Å². The van der Waals surface area contributed by atoms with E-state index in [0.29, 0.717) is 11.5 Å². The molecule has 0 amide bonds. The molecule has 2 aromatic carbocycles. The molecule has 1 unspecified atom stereocenters. The Morgan fingerprint density at radius 1 is 1.27 bits per heavy atom. The van der Waals surface area contributed by atoms with Crippen LogP contribution in [-0.4, -0.2) is 17.8 Å². The van der Waals surface area contributed by atoms with Crippen LogP contribution in [-0.2, 0) is 6.54 Å². The number of hydrogen-bond acceptors (Lipinski definition) is 4. The van der Waals surface area contributed by atoms with Gasteiger partial charge < -0.3 is 19.9 Å². The van der Waals surface area contributed by atoms with E-state index in [1.807, 2.05) is 32.0 Å². The number of ether oxygens (including phenoxy) is 2. The first-order valence-electron chi connectivity index (χ1n) is 7.68. The summed E-state index contributed by atoms with van der Waals surface area (Å²) in [6, 6.07) is 9.77. The molecule has 2 heterocycles. The van der Waals surface area contributed by atoms with Crippen LogP contribution in [0.3, 0.4) is 0 Å². The Kier molecular flexibility index (Phi) is 3.01. The summed E-state index contributed by atoms with van der Waals surface area (Å²) < 4.78 is 11.9. The predicted octanol–water partition coefficient (Wildman–Crippen LogP) is 3.52. The molecule has 22 heavy (non-hydrogen) atoms. The summed E-state index contributed by atoms with van der Waals surface area (Å²) in [5, 5.41) is 13.6. The number of nitrogens with one attached hydrogen (secondary N) is 1. The fourth-order valence-corrected chi connectivity index (χ4v) is 3.35. The summed E-state index contributed by atoms with van der Waals surface area (Å²) >= 11 is 0. The molecule has 2 aliphatic heterocycles. The fourth-order valence-electron chi connectivity index (χ4n) is 3.35. The van der Waals surface area contributed by atoms with Crippen LogP contribution < -0.4 is 14.8 Å². The van der Waals surface area contributed by atoms with Crippen molar-refractivity contribution in [2.75, 3.05) is 6.54 Å². The molecule has 4 nitrogen and oxygen atoms in total. The summed E-state index contributed by atoms with van der Waals surface area (Å²) in [5.41, 5.74) is 3.61. The minimum atomic E-state index is -0.0294. The third-order valence-electron chi connectivity index (χ3n) is 4.23. The van der Waals surface area contributed by atoms with E-state index in [1.54, 1.807) is 6.07 Å². The predicted molar refractivity (Wildman–Crippen MR) is 83.9 cm³/mol. The lowest BCUT2D eigenvalue weighted by Gasteiger charge is -2.34. The summed E-state index contributed by atoms with van der Waals surface area (Å²) in [6.07, 6.45) is -0.0294. The number of fused-ring (bicyclic) bond motifs is 2. The molecular formula is C18H19NO3. The maximum atomic E-state index is 10.2. The summed E-state index contributed by atoms with van der Waals surface area (Å²) in [5.74, 6) is 2.31. The third kappa shape index (κ3) is 1.95. The zero-order valence-electron chi connectivity index (χ0n) is 12.7. The molecule has 0 aliphatic carbocycles. The zero-order chi connectivity index (χ0) is 15.3. The SMILES string of the molecule is CC(C)Oc1c(O)ccc2c1Oc1cccc3c1C2CNC3. The van der Waals surface area contributed by atoms with Gasteiger partial charge in [-0.25, -0.2) is 0 Å². The number of phenols is 1. The van der Waals surface area contributed by atoms with E-state index in [9.17, 15) is 5.11 Å². The number of hydrogen-bond donors (Lipinski definition) is 2. The molecule has 4 rings (SSSR count). The monoisotopic (exact) mass is 297 g/mol. The Hall–Kier alpha value is -2.20. The quantitative estimate of drug-likeness (QED) is 0.890. The number of benzene rings is 2. The maximum Gasteiger partial charge on any atom is 0.204 e. The summed E-state index contributed by atoms with van der Waals surface area (Å²) in [7, 11) is 0. The Morgan fingerprint density at radius 2 is 2.14 bits per heavy atom. The normalized spacial score (nSPS) is 18.4. The first-order chi connectivity index (χ1) is 10.6. The van der Waals surface area contributed by atoms with Crippen LogP contribution in [0.25, 0.3) is 0 Å². The van der Waals surface area contributed by atoms with Crippen molar-refractivity contribution in [1.29, 1.82) is 0 Å². The minimum Gasteiger partial charge on any atom is -0.504 e. The highest BCUT2D eigenvalue weighted by Crippen LogP contribution is 2.52. The van der Waals surface area contributed by atoms with Gasteiger partial charge in [0.05, 0.1) is 6.10 Å². The van der Waals surface area contributed by atoms with Crippen molar-refractivity contribution in [2.24, 2.45) is 0 Å². The van der Waals surface area contributed by atoms with E-state index in [4.69, 9.17) is 9.47 Å². The van der Waals surface area contributed by atoms with Gasteiger partial charge in [0.15, 0.2) is 11.5 Å². The lowest BCUT2D eigenvalue weighted by molar-refractivity contribution is 0.221. The fraction of sp³-hybridized carbons (Fsp3) is 0.333. The van der Waals surface area contributed by atoms with Gasteiger partial charge in [0, 0.05) is 30.1 Å². The van der Waals surface area contributed by atoms with Crippen LogP contribution in [0.15, 0.2) is 30.3 Å². The largest absolute Gasteiger partial charge is 0.504 e. The smallest absolute Gasteiger partial charge is 0.204 e. The minimum absolute atomic E-state index is 0.0294. The van der Waals surface area contributed by atoms with Gasteiger partial charge in [0.1, 0.15) is 5.75 Å². The van der Waals surface area contributed by atoms with Crippen molar-refractivity contribution < 1.29 is 14.6 Å². The Bertz CT molecular complexity index is 739.